The van der Waals surface area contributed by atoms with Crippen LogP contribution in [0.25, 0.3) is 0 Å². The molecule has 0 saturated heterocycles. The van der Waals surface area contributed by atoms with Gasteiger partial charge >= 0.3 is 0 Å². The number of carbonyl (C=O) groups is 1. The quantitative estimate of drug-likeness (QED) is 0.600. The fraction of sp³-hybridized carbons (Fsp3) is 0.929. The van der Waals surface area contributed by atoms with Crippen molar-refractivity contribution in [3.8, 4) is 0 Å². The Balaban J connectivity index is 1.89. The van der Waals surface area contributed by atoms with E-state index in [1.165, 1.54) is 0 Å². The largest absolute Gasteiger partial charge is 0.350 e. The van der Waals surface area contributed by atoms with Gasteiger partial charge in [-0.1, -0.05) is 6.92 Å². The molecule has 4 unspecified atom stereocenters. The van der Waals surface area contributed by atoms with E-state index in [2.05, 4.69) is 5.32 Å². The molecule has 0 aliphatic heterocycles. The maximum atomic E-state index is 12.0. The second-order valence-corrected chi connectivity index (χ2v) is 7.43. The van der Waals surface area contributed by atoms with Gasteiger partial charge in [-0.2, -0.15) is 0 Å². The second-order valence-electron chi connectivity index (χ2n) is 7.43. The van der Waals surface area contributed by atoms with Gasteiger partial charge in [0.25, 0.3) is 0 Å². The third-order valence-electron chi connectivity index (χ3n) is 5.35. The highest BCUT2D eigenvalue weighted by Crippen LogP contribution is 2.59. The minimum atomic E-state index is -0.909. The Morgan fingerprint density at radius 2 is 2.10 bits per heavy atom. The van der Waals surface area contributed by atoms with Crippen LogP contribution in [0.2, 0.25) is 0 Å². The van der Waals surface area contributed by atoms with Gasteiger partial charge in [-0.25, -0.2) is 0 Å². The number of amides is 1. The summed E-state index contributed by atoms with van der Waals surface area (Å²) in [5.41, 5.74) is 4.61. The summed E-state index contributed by atoms with van der Waals surface area (Å²) in [6.07, 6.45) is 5.25. The molecule has 3 N–H and O–H groups in total. The first-order valence-electron chi connectivity index (χ1n) is 7.55. The molecule has 4 rings (SSSR count). The lowest BCUT2D eigenvalue weighted by atomic mass is 9.47. The van der Waals surface area contributed by atoms with E-state index in [4.69, 9.17) is 5.73 Å². The Bertz CT molecular complexity index is 469. The molecule has 4 atom stereocenters. The van der Waals surface area contributed by atoms with E-state index in [0.29, 0.717) is 32.1 Å². The standard InChI is InChI=1S/C14H23N3O3/c1-2-3-11(18)16-13-5-10-4-12(15,7-13)8-14(6-10,9-13)17(19)20/h10H,2-9,15H2,1H3,(H,16,18). The molecule has 0 spiro atoms. The average Bonchev–Trinajstić information content (AvgIpc) is 2.24. The molecule has 6 heteroatoms. The van der Waals surface area contributed by atoms with Gasteiger partial charge in [-0.05, 0) is 31.6 Å². The lowest BCUT2D eigenvalue weighted by Crippen LogP contribution is -2.74. The van der Waals surface area contributed by atoms with Crippen molar-refractivity contribution in [1.29, 1.82) is 0 Å². The SMILES string of the molecule is CCCC(=O)NC12CC3CC(N)(C1)CC([N+](=O)[O-])(C3)C2. The third-order valence-corrected chi connectivity index (χ3v) is 5.35. The van der Waals surface area contributed by atoms with Gasteiger partial charge in [-0.3, -0.25) is 14.9 Å². The van der Waals surface area contributed by atoms with Gasteiger partial charge in [0.2, 0.25) is 11.4 Å². The molecule has 20 heavy (non-hydrogen) atoms. The van der Waals surface area contributed by atoms with Gasteiger partial charge < -0.3 is 11.1 Å². The van der Waals surface area contributed by atoms with E-state index in [1.807, 2.05) is 6.92 Å². The Morgan fingerprint density at radius 1 is 1.35 bits per heavy atom. The van der Waals surface area contributed by atoms with Crippen molar-refractivity contribution in [2.75, 3.05) is 0 Å². The van der Waals surface area contributed by atoms with Crippen LogP contribution in [-0.4, -0.2) is 27.4 Å². The van der Waals surface area contributed by atoms with Crippen LogP contribution in [0, 0.1) is 16.0 Å². The molecule has 112 valence electrons. The lowest BCUT2D eigenvalue weighted by molar-refractivity contribution is -0.589. The fourth-order valence-electron chi connectivity index (χ4n) is 5.39. The number of nitrogens with one attached hydrogen (secondary N) is 1. The molecule has 0 radical (unpaired) electrons. The van der Waals surface area contributed by atoms with Crippen molar-refractivity contribution in [2.24, 2.45) is 11.7 Å². The first-order chi connectivity index (χ1) is 9.30. The molecular weight excluding hydrogens is 258 g/mol. The Morgan fingerprint density at radius 3 is 2.70 bits per heavy atom. The van der Waals surface area contributed by atoms with Gasteiger partial charge in [0, 0.05) is 41.7 Å². The zero-order valence-corrected chi connectivity index (χ0v) is 12.0. The monoisotopic (exact) mass is 281 g/mol. The molecule has 4 bridgehead atoms. The first-order valence-corrected chi connectivity index (χ1v) is 7.55. The Hall–Kier alpha value is -1.17. The lowest BCUT2D eigenvalue weighted by Gasteiger charge is -2.61. The van der Waals surface area contributed by atoms with Gasteiger partial charge in [0.15, 0.2) is 0 Å². The molecule has 4 aliphatic carbocycles. The normalized spacial score (nSPS) is 45.4. The molecule has 4 saturated carbocycles. The molecule has 0 heterocycles. The second kappa shape index (κ2) is 4.16. The predicted octanol–water partition coefficient (Wildman–Crippen LogP) is 1.35. The average molecular weight is 281 g/mol. The summed E-state index contributed by atoms with van der Waals surface area (Å²) in [6.45, 7) is 1.96. The van der Waals surface area contributed by atoms with E-state index in [0.717, 1.165) is 19.3 Å². The van der Waals surface area contributed by atoms with E-state index in [9.17, 15) is 14.9 Å². The molecule has 4 aliphatic rings. The van der Waals surface area contributed by atoms with Gasteiger partial charge in [0.05, 0.1) is 0 Å². The van der Waals surface area contributed by atoms with Crippen molar-refractivity contribution in [1.82, 2.24) is 5.32 Å². The number of nitro groups is 1. The summed E-state index contributed by atoms with van der Waals surface area (Å²) in [6, 6.07) is 0. The first kappa shape index (κ1) is 13.8. The van der Waals surface area contributed by atoms with Crippen LogP contribution in [0.15, 0.2) is 0 Å². The van der Waals surface area contributed by atoms with Crippen LogP contribution < -0.4 is 11.1 Å². The minimum absolute atomic E-state index is 0.0107. The summed E-state index contributed by atoms with van der Waals surface area (Å²) in [5, 5.41) is 14.7. The Labute approximate surface area is 118 Å². The molecule has 0 aromatic carbocycles. The molecule has 1 amide bonds. The highest BCUT2D eigenvalue weighted by molar-refractivity contribution is 5.76. The summed E-state index contributed by atoms with van der Waals surface area (Å²) in [4.78, 5) is 23.4. The zero-order chi connectivity index (χ0) is 14.6. The number of rotatable bonds is 4. The number of hydrogen-bond acceptors (Lipinski definition) is 4. The van der Waals surface area contributed by atoms with Gasteiger partial charge in [0.1, 0.15) is 0 Å². The van der Waals surface area contributed by atoms with Crippen LogP contribution in [-0.2, 0) is 4.79 Å². The van der Waals surface area contributed by atoms with Crippen molar-refractivity contribution < 1.29 is 9.72 Å². The predicted molar refractivity (Wildman–Crippen MR) is 73.6 cm³/mol. The van der Waals surface area contributed by atoms with E-state index < -0.39 is 16.6 Å². The molecular formula is C14H23N3O3. The summed E-state index contributed by atoms with van der Waals surface area (Å²) in [5.74, 6) is 0.292. The fourth-order valence-corrected chi connectivity index (χ4v) is 5.39. The number of nitrogens with zero attached hydrogens (tertiary/aromatic N) is 1. The zero-order valence-electron chi connectivity index (χ0n) is 12.0. The summed E-state index contributed by atoms with van der Waals surface area (Å²) >= 11 is 0. The van der Waals surface area contributed by atoms with Crippen molar-refractivity contribution in [2.45, 2.75) is 74.9 Å². The van der Waals surface area contributed by atoms with Crippen molar-refractivity contribution in [3.05, 3.63) is 10.1 Å². The summed E-state index contributed by atoms with van der Waals surface area (Å²) < 4.78 is 0. The number of hydrogen-bond donors (Lipinski definition) is 2. The van der Waals surface area contributed by atoms with E-state index in [-0.39, 0.29) is 16.7 Å². The number of nitrogens with two attached hydrogens (primary N) is 1. The van der Waals surface area contributed by atoms with Crippen molar-refractivity contribution >= 4 is 5.91 Å². The maximum Gasteiger partial charge on any atom is 0.226 e. The number of carbonyl (C=O) groups excluding carboxylic acids is 1. The minimum Gasteiger partial charge on any atom is -0.350 e. The Kier molecular flexibility index (Phi) is 2.87. The third kappa shape index (κ3) is 2.01. The highest BCUT2D eigenvalue weighted by atomic mass is 16.6. The van der Waals surface area contributed by atoms with Crippen LogP contribution >= 0.6 is 0 Å². The van der Waals surface area contributed by atoms with Crippen LogP contribution in [0.1, 0.15) is 58.3 Å². The summed E-state index contributed by atoms with van der Waals surface area (Å²) in [7, 11) is 0. The van der Waals surface area contributed by atoms with Crippen LogP contribution in [0.4, 0.5) is 0 Å². The molecule has 4 fully saturated rings. The van der Waals surface area contributed by atoms with Gasteiger partial charge in [-0.15, -0.1) is 0 Å². The van der Waals surface area contributed by atoms with E-state index >= 15 is 0 Å². The molecule has 6 nitrogen and oxygen atoms in total. The maximum absolute atomic E-state index is 12.0. The smallest absolute Gasteiger partial charge is 0.226 e. The molecule has 0 aromatic heterocycles. The van der Waals surface area contributed by atoms with E-state index in [1.54, 1.807) is 0 Å². The highest BCUT2D eigenvalue weighted by Gasteiger charge is 2.68. The molecule has 0 aromatic rings. The van der Waals surface area contributed by atoms with Crippen LogP contribution in [0.5, 0.6) is 0 Å². The van der Waals surface area contributed by atoms with Crippen LogP contribution in [0.3, 0.4) is 0 Å². The topological polar surface area (TPSA) is 98.3 Å². The van der Waals surface area contributed by atoms with Crippen molar-refractivity contribution in [3.63, 3.8) is 0 Å².